The summed E-state index contributed by atoms with van der Waals surface area (Å²) in [4.78, 5) is 10.3. The van der Waals surface area contributed by atoms with Gasteiger partial charge in [-0.2, -0.15) is 0 Å². The van der Waals surface area contributed by atoms with Gasteiger partial charge in [0.2, 0.25) is 0 Å². The molecule has 2 heterocycles. The zero-order valence-corrected chi connectivity index (χ0v) is 13.0. The van der Waals surface area contributed by atoms with E-state index in [1.807, 2.05) is 6.20 Å². The monoisotopic (exact) mass is 278 g/mol. The van der Waals surface area contributed by atoms with Gasteiger partial charge in [0.05, 0.1) is 17.9 Å². The fraction of sp³-hybridized carbons (Fsp3) is 0.571. The summed E-state index contributed by atoms with van der Waals surface area (Å²) in [5.41, 5.74) is 2.37. The van der Waals surface area contributed by atoms with Crippen molar-refractivity contribution in [1.82, 2.24) is 19.9 Å². The molecule has 0 aliphatic heterocycles. The first-order valence-electron chi connectivity index (χ1n) is 6.76. The first-order valence-corrected chi connectivity index (χ1v) is 7.58. The SMILES string of the molecule is CCCNCc1cnc(C)n1Cc1nc(C)c(C)s1. The summed E-state index contributed by atoms with van der Waals surface area (Å²) in [6.45, 7) is 11.2. The minimum absolute atomic E-state index is 0.828. The summed E-state index contributed by atoms with van der Waals surface area (Å²) in [5, 5.41) is 4.59. The van der Waals surface area contributed by atoms with Crippen LogP contribution in [0.4, 0.5) is 0 Å². The molecule has 0 amide bonds. The van der Waals surface area contributed by atoms with Crippen LogP contribution in [0.1, 0.15) is 40.4 Å². The Balaban J connectivity index is 2.12. The quantitative estimate of drug-likeness (QED) is 0.826. The Bertz CT molecular complexity index is 522. The first-order chi connectivity index (χ1) is 9.11. The number of hydrogen-bond acceptors (Lipinski definition) is 4. The number of rotatable bonds is 6. The van der Waals surface area contributed by atoms with Crippen LogP contribution >= 0.6 is 11.3 Å². The standard InChI is InChI=1S/C14H22N4S/c1-5-6-15-7-13-8-16-12(4)18(13)9-14-17-10(2)11(3)19-14/h8,15H,5-7,9H2,1-4H3. The van der Waals surface area contributed by atoms with Crippen LogP contribution in [-0.4, -0.2) is 21.1 Å². The van der Waals surface area contributed by atoms with Crippen molar-refractivity contribution < 1.29 is 0 Å². The van der Waals surface area contributed by atoms with Crippen LogP contribution < -0.4 is 5.32 Å². The number of nitrogens with zero attached hydrogens (tertiary/aromatic N) is 3. The van der Waals surface area contributed by atoms with E-state index in [-0.39, 0.29) is 0 Å². The van der Waals surface area contributed by atoms with Crippen molar-refractivity contribution >= 4 is 11.3 Å². The molecule has 0 spiro atoms. The van der Waals surface area contributed by atoms with Gasteiger partial charge in [-0.3, -0.25) is 0 Å². The van der Waals surface area contributed by atoms with Gasteiger partial charge in [0.15, 0.2) is 0 Å². The molecule has 0 aromatic carbocycles. The van der Waals surface area contributed by atoms with Gasteiger partial charge in [-0.1, -0.05) is 6.92 Å². The highest BCUT2D eigenvalue weighted by Crippen LogP contribution is 2.19. The topological polar surface area (TPSA) is 42.7 Å². The smallest absolute Gasteiger partial charge is 0.113 e. The fourth-order valence-electron chi connectivity index (χ4n) is 2.01. The van der Waals surface area contributed by atoms with Crippen LogP contribution in [0.2, 0.25) is 0 Å². The molecule has 2 rings (SSSR count). The third-order valence-corrected chi connectivity index (χ3v) is 4.29. The largest absolute Gasteiger partial charge is 0.324 e. The number of aryl methyl sites for hydroxylation is 3. The van der Waals surface area contributed by atoms with E-state index < -0.39 is 0 Å². The van der Waals surface area contributed by atoms with Gasteiger partial charge in [0.1, 0.15) is 10.8 Å². The van der Waals surface area contributed by atoms with Gasteiger partial charge in [0, 0.05) is 17.6 Å². The van der Waals surface area contributed by atoms with Crippen molar-refractivity contribution in [3.8, 4) is 0 Å². The lowest BCUT2D eigenvalue weighted by Crippen LogP contribution is -2.17. The summed E-state index contributed by atoms with van der Waals surface area (Å²) < 4.78 is 2.25. The molecule has 0 saturated carbocycles. The van der Waals surface area contributed by atoms with Crippen molar-refractivity contribution in [3.63, 3.8) is 0 Å². The lowest BCUT2D eigenvalue weighted by atomic mass is 10.4. The fourth-order valence-corrected chi connectivity index (χ4v) is 2.93. The second-order valence-corrected chi connectivity index (χ2v) is 6.10. The van der Waals surface area contributed by atoms with Crippen molar-refractivity contribution in [2.24, 2.45) is 0 Å². The Hall–Kier alpha value is -1.20. The van der Waals surface area contributed by atoms with Crippen LogP contribution in [-0.2, 0) is 13.1 Å². The first kappa shape index (κ1) is 14.2. The Morgan fingerprint density at radius 1 is 1.32 bits per heavy atom. The Morgan fingerprint density at radius 2 is 2.11 bits per heavy atom. The Morgan fingerprint density at radius 3 is 2.74 bits per heavy atom. The summed E-state index contributed by atoms with van der Waals surface area (Å²) in [6.07, 6.45) is 3.11. The average molecular weight is 278 g/mol. The van der Waals surface area contributed by atoms with Crippen LogP contribution in [0.15, 0.2) is 6.20 Å². The van der Waals surface area contributed by atoms with Crippen molar-refractivity contribution in [2.45, 2.75) is 47.2 Å². The molecule has 0 saturated heterocycles. The molecular weight excluding hydrogens is 256 g/mol. The minimum Gasteiger partial charge on any atom is -0.324 e. The molecule has 2 aromatic heterocycles. The van der Waals surface area contributed by atoms with Crippen LogP contribution in [0, 0.1) is 20.8 Å². The Labute approximate surface area is 118 Å². The molecule has 0 bridgehead atoms. The average Bonchev–Trinajstić information content (AvgIpc) is 2.87. The van der Waals surface area contributed by atoms with Crippen LogP contribution in [0.3, 0.4) is 0 Å². The van der Waals surface area contributed by atoms with Gasteiger partial charge in [-0.15, -0.1) is 11.3 Å². The van der Waals surface area contributed by atoms with E-state index in [9.17, 15) is 0 Å². The van der Waals surface area contributed by atoms with Gasteiger partial charge in [0.25, 0.3) is 0 Å². The number of thiazole rings is 1. The summed E-state index contributed by atoms with van der Waals surface area (Å²) >= 11 is 1.78. The van der Waals surface area contributed by atoms with Crippen molar-refractivity contribution in [2.75, 3.05) is 6.54 Å². The van der Waals surface area contributed by atoms with E-state index in [0.29, 0.717) is 0 Å². The molecule has 0 unspecified atom stereocenters. The minimum atomic E-state index is 0.828. The molecule has 0 aliphatic rings. The number of hydrogen-bond donors (Lipinski definition) is 1. The lowest BCUT2D eigenvalue weighted by Gasteiger charge is -2.09. The predicted molar refractivity (Wildman–Crippen MR) is 79.7 cm³/mol. The number of imidazole rings is 1. The second-order valence-electron chi connectivity index (χ2n) is 4.81. The third kappa shape index (κ3) is 3.42. The number of aromatic nitrogens is 3. The molecule has 5 heteroatoms. The second kappa shape index (κ2) is 6.30. The molecule has 1 N–H and O–H groups in total. The maximum absolute atomic E-state index is 4.61. The van der Waals surface area contributed by atoms with Gasteiger partial charge < -0.3 is 9.88 Å². The zero-order valence-electron chi connectivity index (χ0n) is 12.2. The molecule has 104 valence electrons. The van der Waals surface area contributed by atoms with Crippen LogP contribution in [0.25, 0.3) is 0 Å². The molecule has 0 fully saturated rings. The molecule has 0 aliphatic carbocycles. The van der Waals surface area contributed by atoms with E-state index in [1.54, 1.807) is 11.3 Å². The molecular formula is C14H22N4S. The Kier molecular flexibility index (Phi) is 4.71. The highest BCUT2D eigenvalue weighted by Gasteiger charge is 2.10. The predicted octanol–water partition coefficient (Wildman–Crippen LogP) is 2.81. The normalized spacial score (nSPS) is 11.2. The molecule has 4 nitrogen and oxygen atoms in total. The van der Waals surface area contributed by atoms with Crippen molar-refractivity contribution in [1.29, 1.82) is 0 Å². The van der Waals surface area contributed by atoms with E-state index in [4.69, 9.17) is 0 Å². The van der Waals surface area contributed by atoms with E-state index in [0.717, 1.165) is 42.6 Å². The maximum Gasteiger partial charge on any atom is 0.113 e. The van der Waals surface area contributed by atoms with Crippen LogP contribution in [0.5, 0.6) is 0 Å². The molecule has 0 radical (unpaired) electrons. The molecule has 19 heavy (non-hydrogen) atoms. The van der Waals surface area contributed by atoms with E-state index in [1.165, 1.54) is 10.6 Å². The van der Waals surface area contributed by atoms with E-state index in [2.05, 4.69) is 47.5 Å². The zero-order chi connectivity index (χ0) is 13.8. The van der Waals surface area contributed by atoms with Gasteiger partial charge in [-0.25, -0.2) is 9.97 Å². The molecule has 0 atom stereocenters. The summed E-state index contributed by atoms with van der Waals surface area (Å²) in [6, 6.07) is 0. The van der Waals surface area contributed by atoms with Crippen molar-refractivity contribution in [3.05, 3.63) is 33.3 Å². The molecule has 2 aromatic rings. The lowest BCUT2D eigenvalue weighted by molar-refractivity contribution is 0.622. The highest BCUT2D eigenvalue weighted by molar-refractivity contribution is 7.11. The summed E-state index contributed by atoms with van der Waals surface area (Å²) in [7, 11) is 0. The highest BCUT2D eigenvalue weighted by atomic mass is 32.1. The van der Waals surface area contributed by atoms with Gasteiger partial charge in [-0.05, 0) is 33.7 Å². The maximum atomic E-state index is 4.61. The van der Waals surface area contributed by atoms with Gasteiger partial charge >= 0.3 is 0 Å². The third-order valence-electron chi connectivity index (χ3n) is 3.24. The summed E-state index contributed by atoms with van der Waals surface area (Å²) in [5.74, 6) is 1.05. The van der Waals surface area contributed by atoms with E-state index >= 15 is 0 Å². The number of nitrogens with one attached hydrogen (secondary N) is 1.